The van der Waals surface area contributed by atoms with Gasteiger partial charge in [-0.2, -0.15) is 0 Å². The molecule has 0 saturated heterocycles. The highest BCUT2D eigenvalue weighted by molar-refractivity contribution is 5.81. The first-order valence-corrected chi connectivity index (χ1v) is 6.29. The van der Waals surface area contributed by atoms with Crippen molar-refractivity contribution in [1.82, 2.24) is 4.90 Å². The molecule has 1 saturated carbocycles. The first kappa shape index (κ1) is 12.0. The Labute approximate surface area is 103 Å². The van der Waals surface area contributed by atoms with Crippen LogP contribution in [0, 0.1) is 0 Å². The Kier molecular flexibility index (Phi) is 3.67. The molecule has 1 aromatic rings. The largest absolute Gasteiger partial charge is 0.376 e. The SMILES string of the molecule is CCc1ccc(NCC(=O)N(C)C2CC2)cc1. The Morgan fingerprint density at radius 1 is 1.35 bits per heavy atom. The molecule has 17 heavy (non-hydrogen) atoms. The smallest absolute Gasteiger partial charge is 0.241 e. The minimum Gasteiger partial charge on any atom is -0.376 e. The Bertz CT molecular complexity index is 382. The van der Waals surface area contributed by atoms with Gasteiger partial charge in [-0.25, -0.2) is 0 Å². The molecule has 3 nitrogen and oxygen atoms in total. The molecule has 1 aromatic carbocycles. The van der Waals surface area contributed by atoms with Gasteiger partial charge in [0, 0.05) is 18.8 Å². The van der Waals surface area contributed by atoms with Gasteiger partial charge in [0.05, 0.1) is 6.54 Å². The van der Waals surface area contributed by atoms with Crippen molar-refractivity contribution >= 4 is 11.6 Å². The van der Waals surface area contributed by atoms with E-state index in [0.29, 0.717) is 12.6 Å². The quantitative estimate of drug-likeness (QED) is 0.844. The van der Waals surface area contributed by atoms with Crippen molar-refractivity contribution in [3.63, 3.8) is 0 Å². The third-order valence-corrected chi connectivity index (χ3v) is 3.29. The molecule has 0 atom stereocenters. The zero-order valence-corrected chi connectivity index (χ0v) is 10.6. The van der Waals surface area contributed by atoms with E-state index in [0.717, 1.165) is 24.9 Å². The van der Waals surface area contributed by atoms with Crippen LogP contribution in [0.4, 0.5) is 5.69 Å². The third kappa shape index (κ3) is 3.22. The van der Waals surface area contributed by atoms with Crippen molar-refractivity contribution in [3.05, 3.63) is 29.8 Å². The summed E-state index contributed by atoms with van der Waals surface area (Å²) in [5, 5.41) is 3.17. The maximum absolute atomic E-state index is 11.8. The van der Waals surface area contributed by atoms with Gasteiger partial charge >= 0.3 is 0 Å². The van der Waals surface area contributed by atoms with Gasteiger partial charge in [-0.1, -0.05) is 19.1 Å². The fourth-order valence-corrected chi connectivity index (χ4v) is 1.83. The van der Waals surface area contributed by atoms with Gasteiger partial charge in [0.1, 0.15) is 0 Å². The van der Waals surface area contributed by atoms with Crippen LogP contribution in [0.15, 0.2) is 24.3 Å². The Morgan fingerprint density at radius 2 is 2.00 bits per heavy atom. The Balaban J connectivity index is 1.82. The lowest BCUT2D eigenvalue weighted by Crippen LogP contribution is -2.33. The van der Waals surface area contributed by atoms with E-state index >= 15 is 0 Å². The number of nitrogens with zero attached hydrogens (tertiary/aromatic N) is 1. The van der Waals surface area contributed by atoms with Crippen LogP contribution in [0.25, 0.3) is 0 Å². The van der Waals surface area contributed by atoms with Crippen LogP contribution >= 0.6 is 0 Å². The van der Waals surface area contributed by atoms with Gasteiger partial charge in [0.2, 0.25) is 5.91 Å². The van der Waals surface area contributed by atoms with E-state index in [-0.39, 0.29) is 5.91 Å². The molecule has 2 rings (SSSR count). The lowest BCUT2D eigenvalue weighted by molar-refractivity contribution is -0.128. The zero-order chi connectivity index (χ0) is 12.3. The molecule has 1 aliphatic rings. The minimum atomic E-state index is 0.173. The summed E-state index contributed by atoms with van der Waals surface area (Å²) in [5.74, 6) is 0.173. The fourth-order valence-electron chi connectivity index (χ4n) is 1.83. The van der Waals surface area contributed by atoms with Crippen molar-refractivity contribution in [2.75, 3.05) is 18.9 Å². The highest BCUT2D eigenvalue weighted by Crippen LogP contribution is 2.25. The molecule has 92 valence electrons. The lowest BCUT2D eigenvalue weighted by atomic mass is 10.1. The summed E-state index contributed by atoms with van der Waals surface area (Å²) in [6, 6.07) is 8.74. The maximum atomic E-state index is 11.8. The lowest BCUT2D eigenvalue weighted by Gasteiger charge is -2.16. The van der Waals surface area contributed by atoms with Crippen LogP contribution in [-0.2, 0) is 11.2 Å². The van der Waals surface area contributed by atoms with Gasteiger partial charge in [-0.05, 0) is 37.0 Å². The molecule has 1 amide bonds. The van der Waals surface area contributed by atoms with Crippen LogP contribution in [-0.4, -0.2) is 30.4 Å². The van der Waals surface area contributed by atoms with Gasteiger partial charge in [-0.15, -0.1) is 0 Å². The van der Waals surface area contributed by atoms with Crippen LogP contribution in [0.1, 0.15) is 25.3 Å². The third-order valence-electron chi connectivity index (χ3n) is 3.29. The number of rotatable bonds is 5. The van der Waals surface area contributed by atoms with Crippen LogP contribution in [0.2, 0.25) is 0 Å². The van der Waals surface area contributed by atoms with Crippen molar-refractivity contribution in [2.45, 2.75) is 32.2 Å². The molecule has 1 aliphatic carbocycles. The monoisotopic (exact) mass is 232 g/mol. The predicted octanol–water partition coefficient (Wildman–Crippen LogP) is 2.28. The summed E-state index contributed by atoms with van der Waals surface area (Å²) in [4.78, 5) is 13.6. The number of hydrogen-bond donors (Lipinski definition) is 1. The van der Waals surface area contributed by atoms with E-state index in [1.807, 2.05) is 24.1 Å². The van der Waals surface area contributed by atoms with Crippen LogP contribution in [0.3, 0.4) is 0 Å². The molecule has 0 heterocycles. The van der Waals surface area contributed by atoms with Crippen molar-refractivity contribution in [2.24, 2.45) is 0 Å². The summed E-state index contributed by atoms with van der Waals surface area (Å²) in [6.07, 6.45) is 3.37. The number of likely N-dealkylation sites (N-methyl/N-ethyl adjacent to an activating group) is 1. The van der Waals surface area contributed by atoms with Gasteiger partial charge in [0.15, 0.2) is 0 Å². The molecule has 0 bridgehead atoms. The van der Waals surface area contributed by atoms with Crippen molar-refractivity contribution in [1.29, 1.82) is 0 Å². The average Bonchev–Trinajstić information content (AvgIpc) is 3.20. The van der Waals surface area contributed by atoms with Gasteiger partial charge in [-0.3, -0.25) is 4.79 Å². The average molecular weight is 232 g/mol. The fraction of sp³-hybridized carbons (Fsp3) is 0.500. The molecular formula is C14H20N2O. The number of amides is 1. The maximum Gasteiger partial charge on any atom is 0.241 e. The van der Waals surface area contributed by atoms with E-state index in [1.165, 1.54) is 5.56 Å². The Morgan fingerprint density at radius 3 is 2.53 bits per heavy atom. The molecule has 0 radical (unpaired) electrons. The van der Waals surface area contributed by atoms with Crippen LogP contribution in [0.5, 0.6) is 0 Å². The van der Waals surface area contributed by atoms with E-state index in [2.05, 4.69) is 24.4 Å². The number of anilines is 1. The van der Waals surface area contributed by atoms with E-state index in [4.69, 9.17) is 0 Å². The molecular weight excluding hydrogens is 212 g/mol. The first-order valence-electron chi connectivity index (χ1n) is 6.29. The van der Waals surface area contributed by atoms with Crippen LogP contribution < -0.4 is 5.32 Å². The first-order chi connectivity index (χ1) is 8.20. The second-order valence-electron chi connectivity index (χ2n) is 4.64. The molecule has 3 heteroatoms. The van der Waals surface area contributed by atoms with E-state index in [1.54, 1.807) is 0 Å². The molecule has 1 fully saturated rings. The molecule has 0 aromatic heterocycles. The summed E-state index contributed by atoms with van der Waals surface area (Å²) in [5.41, 5.74) is 2.33. The highest BCUT2D eigenvalue weighted by Gasteiger charge is 2.29. The van der Waals surface area contributed by atoms with E-state index in [9.17, 15) is 4.79 Å². The zero-order valence-electron chi connectivity index (χ0n) is 10.6. The molecule has 1 N–H and O–H groups in total. The van der Waals surface area contributed by atoms with Gasteiger partial charge < -0.3 is 10.2 Å². The number of hydrogen-bond acceptors (Lipinski definition) is 2. The van der Waals surface area contributed by atoms with Crippen molar-refractivity contribution in [3.8, 4) is 0 Å². The van der Waals surface area contributed by atoms with E-state index < -0.39 is 0 Å². The Hall–Kier alpha value is -1.51. The number of nitrogens with one attached hydrogen (secondary N) is 1. The number of carbonyl (C=O) groups excluding carboxylic acids is 1. The number of benzene rings is 1. The topological polar surface area (TPSA) is 32.3 Å². The summed E-state index contributed by atoms with van der Waals surface area (Å²) in [6.45, 7) is 2.52. The summed E-state index contributed by atoms with van der Waals surface area (Å²) in [7, 11) is 1.89. The number of aryl methyl sites for hydroxylation is 1. The summed E-state index contributed by atoms with van der Waals surface area (Å²) >= 11 is 0. The summed E-state index contributed by atoms with van der Waals surface area (Å²) < 4.78 is 0. The van der Waals surface area contributed by atoms with Crippen molar-refractivity contribution < 1.29 is 4.79 Å². The minimum absolute atomic E-state index is 0.173. The second-order valence-corrected chi connectivity index (χ2v) is 4.64. The highest BCUT2D eigenvalue weighted by atomic mass is 16.2. The second kappa shape index (κ2) is 5.21. The predicted molar refractivity (Wildman–Crippen MR) is 70.1 cm³/mol. The standard InChI is InChI=1S/C14H20N2O/c1-3-11-4-6-12(7-5-11)15-10-14(17)16(2)13-8-9-13/h4-7,13,15H,3,8-10H2,1-2H3. The molecule has 0 aliphatic heterocycles. The molecule has 0 unspecified atom stereocenters. The number of carbonyl (C=O) groups is 1. The van der Waals surface area contributed by atoms with Gasteiger partial charge in [0.25, 0.3) is 0 Å². The normalized spacial score (nSPS) is 14.5. The molecule has 0 spiro atoms.